The monoisotopic (exact) mass is 498 g/mol. The van der Waals surface area contributed by atoms with Gasteiger partial charge in [-0.15, -0.1) is 0 Å². The number of hydrogen-bond donors (Lipinski definition) is 5. The summed E-state index contributed by atoms with van der Waals surface area (Å²) in [5, 5.41) is 49.2. The molecule has 0 spiro atoms. The zero-order valence-corrected chi connectivity index (χ0v) is 19.6. The first-order valence-corrected chi connectivity index (χ1v) is 10.3. The highest BCUT2D eigenvalue weighted by Crippen LogP contribution is 2.41. The first-order chi connectivity index (χ1) is 16.8. The number of benzene rings is 3. The third-order valence-electron chi connectivity index (χ3n) is 5.26. The third-order valence-corrected chi connectivity index (χ3v) is 5.26. The molecule has 0 radical (unpaired) electrons. The van der Waals surface area contributed by atoms with Crippen molar-refractivity contribution in [3.63, 3.8) is 0 Å². The van der Waals surface area contributed by atoms with Crippen LogP contribution in [-0.2, 0) is 0 Å². The lowest BCUT2D eigenvalue weighted by molar-refractivity contribution is 0.0689. The predicted molar refractivity (Wildman–Crippen MR) is 124 cm³/mol. The number of phenolic OH excluding ortho intramolecular Hbond substituents is 3. The van der Waals surface area contributed by atoms with Gasteiger partial charge in [-0.25, -0.2) is 14.4 Å². The SMILES string of the molecule is COc1c(O)c(O)cc(C)c1C(=O)Oc1cc(C)c(C(=O)Oc2cc(C)c(C(=O)O)c(O)c2)c(O)c1. The van der Waals surface area contributed by atoms with Crippen LogP contribution >= 0.6 is 0 Å². The number of rotatable bonds is 6. The first kappa shape index (κ1) is 25.7. The summed E-state index contributed by atoms with van der Waals surface area (Å²) in [6, 6.07) is 5.64. The summed E-state index contributed by atoms with van der Waals surface area (Å²) in [6.45, 7) is 4.35. The van der Waals surface area contributed by atoms with Gasteiger partial charge in [-0.2, -0.15) is 0 Å². The normalized spacial score (nSPS) is 10.6. The second-order valence-electron chi connectivity index (χ2n) is 7.82. The number of esters is 2. The Morgan fingerprint density at radius 2 is 1.08 bits per heavy atom. The molecule has 0 saturated carbocycles. The second-order valence-corrected chi connectivity index (χ2v) is 7.82. The Balaban J connectivity index is 1.88. The summed E-state index contributed by atoms with van der Waals surface area (Å²) in [5.74, 6) is -6.22. The van der Waals surface area contributed by atoms with E-state index in [1.54, 1.807) is 0 Å². The largest absolute Gasteiger partial charge is 0.507 e. The van der Waals surface area contributed by atoms with Crippen molar-refractivity contribution in [1.29, 1.82) is 0 Å². The molecule has 11 nitrogen and oxygen atoms in total. The van der Waals surface area contributed by atoms with Crippen molar-refractivity contribution in [1.82, 2.24) is 0 Å². The van der Waals surface area contributed by atoms with Gasteiger partial charge in [0.1, 0.15) is 39.7 Å². The summed E-state index contributed by atoms with van der Waals surface area (Å²) in [6.07, 6.45) is 0. The summed E-state index contributed by atoms with van der Waals surface area (Å²) in [4.78, 5) is 36.7. The van der Waals surface area contributed by atoms with Crippen LogP contribution in [0, 0.1) is 20.8 Å². The fourth-order valence-electron chi connectivity index (χ4n) is 3.66. The van der Waals surface area contributed by atoms with Crippen LogP contribution in [0.2, 0.25) is 0 Å². The molecular formula is C25H22O11. The van der Waals surface area contributed by atoms with E-state index in [2.05, 4.69) is 0 Å². The van der Waals surface area contributed by atoms with Gasteiger partial charge in [-0.05, 0) is 55.7 Å². The number of aromatic hydroxyl groups is 4. The molecule has 11 heteroatoms. The van der Waals surface area contributed by atoms with Gasteiger partial charge >= 0.3 is 17.9 Å². The Labute approximate surface area is 204 Å². The van der Waals surface area contributed by atoms with Crippen molar-refractivity contribution in [3.8, 4) is 40.2 Å². The molecular weight excluding hydrogens is 476 g/mol. The van der Waals surface area contributed by atoms with Crippen LogP contribution in [0.1, 0.15) is 47.8 Å². The topological polar surface area (TPSA) is 180 Å². The molecule has 5 N–H and O–H groups in total. The van der Waals surface area contributed by atoms with E-state index in [4.69, 9.17) is 19.3 Å². The highest BCUT2D eigenvalue weighted by Gasteiger charge is 2.25. The van der Waals surface area contributed by atoms with E-state index in [9.17, 15) is 34.8 Å². The molecule has 0 bridgehead atoms. The fraction of sp³-hybridized carbons (Fsp3) is 0.160. The molecule has 0 aliphatic heterocycles. The van der Waals surface area contributed by atoms with Gasteiger partial charge < -0.3 is 39.7 Å². The van der Waals surface area contributed by atoms with Crippen molar-refractivity contribution in [2.75, 3.05) is 7.11 Å². The Hall–Kier alpha value is -4.93. The maximum absolute atomic E-state index is 12.8. The fourth-order valence-corrected chi connectivity index (χ4v) is 3.66. The molecule has 188 valence electrons. The van der Waals surface area contributed by atoms with E-state index in [1.165, 1.54) is 40.0 Å². The van der Waals surface area contributed by atoms with Gasteiger partial charge in [0.15, 0.2) is 11.5 Å². The molecule has 3 aromatic rings. The Kier molecular flexibility index (Phi) is 6.95. The number of aromatic carboxylic acids is 1. The van der Waals surface area contributed by atoms with Gasteiger partial charge in [-0.1, -0.05) is 0 Å². The Morgan fingerprint density at radius 1 is 0.639 bits per heavy atom. The van der Waals surface area contributed by atoms with E-state index < -0.39 is 40.9 Å². The number of hydrogen-bond acceptors (Lipinski definition) is 10. The maximum atomic E-state index is 12.8. The lowest BCUT2D eigenvalue weighted by Gasteiger charge is -2.15. The summed E-state index contributed by atoms with van der Waals surface area (Å²) in [5.41, 5.74) is -0.184. The van der Waals surface area contributed by atoms with Crippen molar-refractivity contribution < 1.29 is 54.1 Å². The van der Waals surface area contributed by atoms with Gasteiger partial charge in [0.25, 0.3) is 0 Å². The molecule has 0 saturated heterocycles. The van der Waals surface area contributed by atoms with Crippen LogP contribution in [0.25, 0.3) is 0 Å². The van der Waals surface area contributed by atoms with Crippen LogP contribution in [0.15, 0.2) is 30.3 Å². The van der Waals surface area contributed by atoms with Gasteiger partial charge in [0.05, 0.1) is 7.11 Å². The zero-order chi connectivity index (χ0) is 26.9. The van der Waals surface area contributed by atoms with E-state index >= 15 is 0 Å². The van der Waals surface area contributed by atoms with Crippen molar-refractivity contribution in [3.05, 3.63) is 63.7 Å². The number of carbonyl (C=O) groups excluding carboxylic acids is 2. The van der Waals surface area contributed by atoms with E-state index in [0.29, 0.717) is 0 Å². The van der Waals surface area contributed by atoms with E-state index in [1.807, 2.05) is 0 Å². The summed E-state index contributed by atoms with van der Waals surface area (Å²) in [7, 11) is 1.19. The standard InChI is InChI=1S/C25H22O11/c1-10-5-13(8-15(26)18(10)23(30)31)35-24(32)19-11(2)6-14(9-16(19)27)36-25(33)20-12(3)7-17(28)21(29)22(20)34-4/h5-9,26-29H,1-4H3,(H,30,31). The molecule has 0 fully saturated rings. The lowest BCUT2D eigenvalue weighted by Crippen LogP contribution is -2.14. The minimum absolute atomic E-state index is 0.139. The van der Waals surface area contributed by atoms with Gasteiger partial charge in [-0.3, -0.25) is 0 Å². The molecule has 36 heavy (non-hydrogen) atoms. The molecule has 3 aromatic carbocycles. The average Bonchev–Trinajstić information content (AvgIpc) is 2.74. The van der Waals surface area contributed by atoms with Crippen LogP contribution in [-0.4, -0.2) is 50.6 Å². The maximum Gasteiger partial charge on any atom is 0.347 e. The molecule has 0 aliphatic rings. The third kappa shape index (κ3) is 4.80. The quantitative estimate of drug-likeness (QED) is 0.190. The minimum Gasteiger partial charge on any atom is -0.507 e. The Bertz CT molecular complexity index is 1360. The van der Waals surface area contributed by atoms with Crippen molar-refractivity contribution in [2.45, 2.75) is 20.8 Å². The zero-order valence-electron chi connectivity index (χ0n) is 19.6. The van der Waals surface area contributed by atoms with Gasteiger partial charge in [0, 0.05) is 12.1 Å². The number of ether oxygens (including phenoxy) is 3. The predicted octanol–water partition coefficient (Wildman–Crippen LogP) is 3.58. The van der Waals surface area contributed by atoms with Crippen LogP contribution < -0.4 is 14.2 Å². The Morgan fingerprint density at radius 3 is 1.53 bits per heavy atom. The van der Waals surface area contributed by atoms with Crippen LogP contribution in [0.4, 0.5) is 0 Å². The van der Waals surface area contributed by atoms with Gasteiger partial charge in [0.2, 0.25) is 5.75 Å². The number of carboxylic acid groups (broad SMARTS) is 1. The molecule has 0 heterocycles. The molecule has 0 aromatic heterocycles. The number of carbonyl (C=O) groups is 3. The number of methoxy groups -OCH3 is 1. The first-order valence-electron chi connectivity index (χ1n) is 10.3. The number of phenols is 4. The molecule has 0 aliphatic carbocycles. The highest BCUT2D eigenvalue weighted by atomic mass is 16.5. The lowest BCUT2D eigenvalue weighted by atomic mass is 10.1. The molecule has 0 amide bonds. The van der Waals surface area contributed by atoms with Crippen molar-refractivity contribution in [2.24, 2.45) is 0 Å². The number of carboxylic acids is 1. The molecule has 0 atom stereocenters. The van der Waals surface area contributed by atoms with E-state index in [-0.39, 0.29) is 50.6 Å². The van der Waals surface area contributed by atoms with Crippen LogP contribution in [0.5, 0.6) is 40.2 Å². The summed E-state index contributed by atoms with van der Waals surface area (Å²) < 4.78 is 15.5. The second kappa shape index (κ2) is 9.74. The van der Waals surface area contributed by atoms with E-state index in [0.717, 1.165) is 18.2 Å². The summed E-state index contributed by atoms with van der Waals surface area (Å²) >= 11 is 0. The average molecular weight is 498 g/mol. The van der Waals surface area contributed by atoms with Crippen LogP contribution in [0.3, 0.4) is 0 Å². The molecule has 0 unspecified atom stereocenters. The highest BCUT2D eigenvalue weighted by molar-refractivity contribution is 5.99. The smallest absolute Gasteiger partial charge is 0.347 e. The minimum atomic E-state index is -1.35. The number of aryl methyl sites for hydroxylation is 3. The van der Waals surface area contributed by atoms with Crippen molar-refractivity contribution >= 4 is 17.9 Å². The molecule has 3 rings (SSSR count).